The molecule has 0 spiro atoms. The fraction of sp³-hybridized carbons (Fsp3) is 0.294. The van der Waals surface area contributed by atoms with E-state index in [9.17, 15) is 18.3 Å². The highest BCUT2D eigenvalue weighted by Crippen LogP contribution is 2.25. The van der Waals surface area contributed by atoms with Gasteiger partial charge in [0, 0.05) is 25.7 Å². The van der Waals surface area contributed by atoms with Gasteiger partial charge in [-0.05, 0) is 41.3 Å². The van der Waals surface area contributed by atoms with Gasteiger partial charge in [-0.1, -0.05) is 12.1 Å². The van der Waals surface area contributed by atoms with Crippen LogP contribution in [0.4, 0.5) is 13.2 Å². The maximum Gasteiger partial charge on any atom is 0.129 e. The minimum Gasteiger partial charge on any atom is -0.387 e. The van der Waals surface area contributed by atoms with Crippen molar-refractivity contribution in [1.29, 1.82) is 0 Å². The number of aliphatic hydroxyl groups is 1. The maximum absolute atomic E-state index is 13.7. The number of benzene rings is 2. The molecule has 0 radical (unpaired) electrons. The van der Waals surface area contributed by atoms with Crippen LogP contribution in [0.15, 0.2) is 36.4 Å². The molecule has 22 heavy (non-hydrogen) atoms. The molecule has 0 aromatic heterocycles. The van der Waals surface area contributed by atoms with Gasteiger partial charge in [-0.25, -0.2) is 13.2 Å². The van der Waals surface area contributed by atoms with Crippen LogP contribution in [0.1, 0.15) is 22.8 Å². The topological polar surface area (TPSA) is 23.5 Å². The van der Waals surface area contributed by atoms with Gasteiger partial charge in [-0.15, -0.1) is 0 Å². The Kier molecular flexibility index (Phi) is 4.18. The third kappa shape index (κ3) is 3.15. The number of hydrogen-bond donors (Lipinski definition) is 1. The predicted molar refractivity (Wildman–Crippen MR) is 76.7 cm³/mol. The molecular formula is C17H16F3NO. The van der Waals surface area contributed by atoms with Gasteiger partial charge in [0.05, 0.1) is 6.10 Å². The monoisotopic (exact) mass is 307 g/mol. The molecule has 0 amide bonds. The van der Waals surface area contributed by atoms with E-state index in [0.29, 0.717) is 42.7 Å². The molecule has 0 bridgehead atoms. The number of halogens is 3. The average molecular weight is 307 g/mol. The molecule has 2 nitrogen and oxygen atoms in total. The molecule has 1 N–H and O–H groups in total. The number of fused-ring (bicyclic) bond motifs is 1. The van der Waals surface area contributed by atoms with E-state index in [4.69, 9.17) is 0 Å². The third-order valence-corrected chi connectivity index (χ3v) is 4.01. The van der Waals surface area contributed by atoms with Crippen molar-refractivity contribution in [3.05, 3.63) is 70.5 Å². The Morgan fingerprint density at radius 1 is 1.05 bits per heavy atom. The minimum atomic E-state index is -0.763. The van der Waals surface area contributed by atoms with Gasteiger partial charge < -0.3 is 5.11 Å². The summed E-state index contributed by atoms with van der Waals surface area (Å²) < 4.78 is 39.9. The molecule has 2 aromatic carbocycles. The first-order valence-electron chi connectivity index (χ1n) is 7.15. The summed E-state index contributed by atoms with van der Waals surface area (Å²) in [6.07, 6.45) is -0.280. The van der Waals surface area contributed by atoms with Crippen molar-refractivity contribution >= 4 is 0 Å². The highest BCUT2D eigenvalue weighted by molar-refractivity contribution is 5.31. The first-order chi connectivity index (χ1) is 10.5. The first-order valence-corrected chi connectivity index (χ1v) is 7.15. The molecule has 2 aromatic rings. The van der Waals surface area contributed by atoms with Gasteiger partial charge in [0.1, 0.15) is 17.5 Å². The van der Waals surface area contributed by atoms with Gasteiger partial charge in [0.2, 0.25) is 0 Å². The van der Waals surface area contributed by atoms with Gasteiger partial charge in [0.15, 0.2) is 0 Å². The molecule has 0 fully saturated rings. The van der Waals surface area contributed by atoms with E-state index < -0.39 is 17.7 Å². The number of aliphatic hydroxyl groups excluding tert-OH is 1. The van der Waals surface area contributed by atoms with Crippen molar-refractivity contribution in [2.45, 2.75) is 19.1 Å². The van der Waals surface area contributed by atoms with Crippen LogP contribution in [0.25, 0.3) is 0 Å². The van der Waals surface area contributed by atoms with Gasteiger partial charge >= 0.3 is 0 Å². The van der Waals surface area contributed by atoms with Crippen molar-refractivity contribution < 1.29 is 18.3 Å². The molecule has 1 unspecified atom stereocenters. The van der Waals surface area contributed by atoms with Crippen LogP contribution in [-0.4, -0.2) is 23.1 Å². The largest absolute Gasteiger partial charge is 0.387 e. The summed E-state index contributed by atoms with van der Waals surface area (Å²) >= 11 is 0. The Bertz CT molecular complexity index is 672. The highest BCUT2D eigenvalue weighted by Gasteiger charge is 2.22. The summed E-state index contributed by atoms with van der Waals surface area (Å²) in [7, 11) is 0. The van der Waals surface area contributed by atoms with Crippen LogP contribution in [0.5, 0.6) is 0 Å². The smallest absolute Gasteiger partial charge is 0.129 e. The minimum absolute atomic E-state index is 0.337. The molecule has 1 heterocycles. The Hall–Kier alpha value is -1.85. The van der Waals surface area contributed by atoms with E-state index in [0.717, 1.165) is 6.07 Å². The standard InChI is InChI=1S/C17H16F3NO/c18-13-3-1-11(2-4-13)17(22)10-21-6-5-15-12(9-21)7-14(19)8-16(15)20/h1-4,7-8,17,22H,5-6,9-10H2. The SMILES string of the molecule is OC(CN1CCc2c(F)cc(F)cc2C1)c1ccc(F)cc1. The van der Waals surface area contributed by atoms with Crippen LogP contribution in [-0.2, 0) is 13.0 Å². The van der Waals surface area contributed by atoms with E-state index in [2.05, 4.69) is 0 Å². The lowest BCUT2D eigenvalue weighted by Gasteiger charge is -2.30. The zero-order chi connectivity index (χ0) is 15.7. The highest BCUT2D eigenvalue weighted by atomic mass is 19.1. The van der Waals surface area contributed by atoms with Crippen LogP contribution >= 0.6 is 0 Å². The molecular weight excluding hydrogens is 291 g/mol. The second-order valence-electron chi connectivity index (χ2n) is 5.58. The molecule has 0 saturated carbocycles. The molecule has 116 valence electrons. The lowest BCUT2D eigenvalue weighted by Crippen LogP contribution is -2.34. The van der Waals surface area contributed by atoms with Crippen LogP contribution in [0, 0.1) is 17.5 Å². The van der Waals surface area contributed by atoms with E-state index in [1.165, 1.54) is 30.3 Å². The van der Waals surface area contributed by atoms with Crippen LogP contribution in [0.3, 0.4) is 0 Å². The Balaban J connectivity index is 1.71. The van der Waals surface area contributed by atoms with Crippen LogP contribution in [0.2, 0.25) is 0 Å². The van der Waals surface area contributed by atoms with Gasteiger partial charge in [0.25, 0.3) is 0 Å². The summed E-state index contributed by atoms with van der Waals surface area (Å²) in [4.78, 5) is 1.94. The molecule has 0 saturated heterocycles. The van der Waals surface area contributed by atoms with Gasteiger partial charge in [-0.2, -0.15) is 0 Å². The Labute approximate surface area is 126 Å². The quantitative estimate of drug-likeness (QED) is 0.941. The van der Waals surface area contributed by atoms with E-state index in [1.807, 2.05) is 4.90 Å². The predicted octanol–water partition coefficient (Wildman–Crippen LogP) is 3.20. The number of rotatable bonds is 3. The Morgan fingerprint density at radius 3 is 2.50 bits per heavy atom. The van der Waals surface area contributed by atoms with Crippen molar-refractivity contribution in [1.82, 2.24) is 4.90 Å². The molecule has 5 heteroatoms. The van der Waals surface area contributed by atoms with E-state index >= 15 is 0 Å². The van der Waals surface area contributed by atoms with Crippen molar-refractivity contribution in [3.8, 4) is 0 Å². The van der Waals surface area contributed by atoms with E-state index in [1.54, 1.807) is 0 Å². The number of hydrogen-bond acceptors (Lipinski definition) is 2. The number of β-amino-alcohol motifs (C(OH)–C–C–N with tert-alkyl or cyclic N) is 1. The zero-order valence-electron chi connectivity index (χ0n) is 11.9. The second kappa shape index (κ2) is 6.10. The van der Waals surface area contributed by atoms with Crippen molar-refractivity contribution in [2.24, 2.45) is 0 Å². The zero-order valence-corrected chi connectivity index (χ0v) is 11.9. The van der Waals surface area contributed by atoms with E-state index in [-0.39, 0.29) is 5.82 Å². The first kappa shape index (κ1) is 15.1. The van der Waals surface area contributed by atoms with Gasteiger partial charge in [-0.3, -0.25) is 4.90 Å². The van der Waals surface area contributed by atoms with Crippen molar-refractivity contribution in [3.63, 3.8) is 0 Å². The van der Waals surface area contributed by atoms with Crippen LogP contribution < -0.4 is 0 Å². The molecule has 1 atom stereocenters. The molecule has 1 aliphatic heterocycles. The third-order valence-electron chi connectivity index (χ3n) is 4.01. The fourth-order valence-electron chi connectivity index (χ4n) is 2.86. The summed E-state index contributed by atoms with van der Waals surface area (Å²) in [5, 5.41) is 10.2. The lowest BCUT2D eigenvalue weighted by atomic mass is 9.98. The fourth-order valence-corrected chi connectivity index (χ4v) is 2.86. The summed E-state index contributed by atoms with van der Waals surface area (Å²) in [6.45, 7) is 1.32. The lowest BCUT2D eigenvalue weighted by molar-refractivity contribution is 0.105. The summed E-state index contributed by atoms with van der Waals surface area (Å²) in [5.74, 6) is -1.44. The normalized spacial score (nSPS) is 16.4. The average Bonchev–Trinajstić information content (AvgIpc) is 2.47. The maximum atomic E-state index is 13.7. The molecule has 0 aliphatic carbocycles. The number of nitrogens with zero attached hydrogens (tertiary/aromatic N) is 1. The second-order valence-corrected chi connectivity index (χ2v) is 5.58. The summed E-state index contributed by atoms with van der Waals surface area (Å²) in [6, 6.07) is 7.93. The molecule has 1 aliphatic rings. The summed E-state index contributed by atoms with van der Waals surface area (Å²) in [5.41, 5.74) is 1.79. The van der Waals surface area contributed by atoms with Crippen molar-refractivity contribution in [2.75, 3.05) is 13.1 Å². The Morgan fingerprint density at radius 2 is 1.77 bits per heavy atom. The molecule has 3 rings (SSSR count).